The zero-order valence-electron chi connectivity index (χ0n) is 10.0. The summed E-state index contributed by atoms with van der Waals surface area (Å²) in [4.78, 5) is 18.2. The minimum atomic E-state index is 0.0304. The van der Waals surface area contributed by atoms with E-state index in [0.29, 0.717) is 6.04 Å². The molecule has 1 aliphatic heterocycles. The Balaban J connectivity index is 1.65. The van der Waals surface area contributed by atoms with Gasteiger partial charge in [-0.05, 0) is 44.2 Å². The van der Waals surface area contributed by atoms with E-state index in [-0.39, 0.29) is 6.03 Å². The van der Waals surface area contributed by atoms with E-state index in [9.17, 15) is 4.79 Å². The van der Waals surface area contributed by atoms with Crippen LogP contribution < -0.4 is 5.32 Å². The molecule has 4 heteroatoms. The molecule has 2 atom stereocenters. The second-order valence-electron chi connectivity index (χ2n) is 5.02. The number of aryl methyl sites for hydroxylation is 1. The Bertz CT molecular complexity index is 429. The Morgan fingerprint density at radius 2 is 2.41 bits per heavy atom. The van der Waals surface area contributed by atoms with Crippen LogP contribution in [0.1, 0.15) is 25.0 Å². The third kappa shape index (κ3) is 2.12. The van der Waals surface area contributed by atoms with Gasteiger partial charge in [-0.3, -0.25) is 4.98 Å². The number of rotatable bonds is 1. The predicted octanol–water partition coefficient (Wildman–Crippen LogP) is 2.41. The maximum atomic E-state index is 12.1. The van der Waals surface area contributed by atoms with Crippen LogP contribution in [0.25, 0.3) is 0 Å². The molecule has 0 radical (unpaired) electrons. The van der Waals surface area contributed by atoms with Gasteiger partial charge < -0.3 is 10.2 Å². The van der Waals surface area contributed by atoms with Crippen LogP contribution in [0.5, 0.6) is 0 Å². The molecule has 0 spiro atoms. The molecule has 1 aromatic heterocycles. The Hall–Kier alpha value is -1.58. The van der Waals surface area contributed by atoms with Crippen molar-refractivity contribution in [2.24, 2.45) is 5.92 Å². The van der Waals surface area contributed by atoms with E-state index in [1.165, 1.54) is 12.8 Å². The Morgan fingerprint density at radius 1 is 1.53 bits per heavy atom. The number of pyridine rings is 1. The van der Waals surface area contributed by atoms with Crippen molar-refractivity contribution < 1.29 is 4.79 Å². The summed E-state index contributed by atoms with van der Waals surface area (Å²) in [5, 5.41) is 2.92. The average molecular weight is 231 g/mol. The van der Waals surface area contributed by atoms with Gasteiger partial charge in [0, 0.05) is 18.3 Å². The number of hydrogen-bond acceptors (Lipinski definition) is 2. The van der Waals surface area contributed by atoms with Crippen LogP contribution in [0.4, 0.5) is 10.5 Å². The number of piperidine rings is 1. The summed E-state index contributed by atoms with van der Waals surface area (Å²) in [5.74, 6) is 0.769. The standard InChI is InChI=1S/C13H17N3O/c1-9-4-5-11(8-14-9)15-13(17)16-6-2-3-10-7-12(10)16/h4-5,8,10,12H,2-3,6-7H2,1H3,(H,15,17). The van der Waals surface area contributed by atoms with E-state index in [4.69, 9.17) is 0 Å². The molecular weight excluding hydrogens is 214 g/mol. The second kappa shape index (κ2) is 4.02. The van der Waals surface area contributed by atoms with Gasteiger partial charge in [0.05, 0.1) is 11.9 Å². The highest BCUT2D eigenvalue weighted by Gasteiger charge is 2.45. The molecule has 1 aliphatic carbocycles. The van der Waals surface area contributed by atoms with Crippen molar-refractivity contribution in [1.29, 1.82) is 0 Å². The van der Waals surface area contributed by atoms with Crippen LogP contribution in [0, 0.1) is 12.8 Å². The first-order valence-corrected chi connectivity index (χ1v) is 6.24. The number of anilines is 1. The van der Waals surface area contributed by atoms with Crippen molar-refractivity contribution >= 4 is 11.7 Å². The summed E-state index contributed by atoms with van der Waals surface area (Å²) in [6, 6.07) is 4.34. The van der Waals surface area contributed by atoms with E-state index in [1.54, 1.807) is 6.20 Å². The first-order chi connectivity index (χ1) is 8.24. The van der Waals surface area contributed by atoms with Crippen molar-refractivity contribution in [2.45, 2.75) is 32.2 Å². The number of amides is 2. The number of aromatic nitrogens is 1. The third-order valence-corrected chi connectivity index (χ3v) is 3.68. The molecule has 3 rings (SSSR count). The number of fused-ring (bicyclic) bond motifs is 1. The SMILES string of the molecule is Cc1ccc(NC(=O)N2CCCC3CC32)cn1. The molecule has 2 amide bonds. The molecule has 17 heavy (non-hydrogen) atoms. The van der Waals surface area contributed by atoms with Gasteiger partial charge in [0.25, 0.3) is 0 Å². The molecular formula is C13H17N3O. The molecule has 2 fully saturated rings. The number of carbonyl (C=O) groups is 1. The number of hydrogen-bond donors (Lipinski definition) is 1. The van der Waals surface area contributed by atoms with Crippen LogP contribution >= 0.6 is 0 Å². The first kappa shape index (κ1) is 10.6. The van der Waals surface area contributed by atoms with Gasteiger partial charge in [-0.25, -0.2) is 4.79 Å². The molecule has 4 nitrogen and oxygen atoms in total. The number of carbonyl (C=O) groups excluding carboxylic acids is 1. The summed E-state index contributed by atoms with van der Waals surface area (Å²) in [7, 11) is 0. The van der Waals surface area contributed by atoms with Crippen molar-refractivity contribution in [1.82, 2.24) is 9.88 Å². The first-order valence-electron chi connectivity index (χ1n) is 6.24. The van der Waals surface area contributed by atoms with Crippen LogP contribution in [0.2, 0.25) is 0 Å². The van der Waals surface area contributed by atoms with Crippen LogP contribution in [0.3, 0.4) is 0 Å². The van der Waals surface area contributed by atoms with Gasteiger partial charge in [0.15, 0.2) is 0 Å². The fourth-order valence-corrected chi connectivity index (χ4v) is 2.60. The largest absolute Gasteiger partial charge is 0.322 e. The topological polar surface area (TPSA) is 45.2 Å². The van der Waals surface area contributed by atoms with Crippen molar-refractivity contribution in [2.75, 3.05) is 11.9 Å². The van der Waals surface area contributed by atoms with E-state index in [0.717, 1.165) is 30.3 Å². The van der Waals surface area contributed by atoms with Gasteiger partial charge in [0.1, 0.15) is 0 Å². The zero-order chi connectivity index (χ0) is 11.8. The van der Waals surface area contributed by atoms with Crippen molar-refractivity contribution in [3.63, 3.8) is 0 Å². The van der Waals surface area contributed by atoms with E-state index in [1.807, 2.05) is 24.0 Å². The zero-order valence-corrected chi connectivity index (χ0v) is 10.0. The summed E-state index contributed by atoms with van der Waals surface area (Å²) in [5.41, 5.74) is 1.74. The van der Waals surface area contributed by atoms with Gasteiger partial charge in [-0.15, -0.1) is 0 Å². The summed E-state index contributed by atoms with van der Waals surface area (Å²) in [6.07, 6.45) is 5.34. The molecule has 2 aliphatic rings. The fourth-order valence-electron chi connectivity index (χ4n) is 2.60. The third-order valence-electron chi connectivity index (χ3n) is 3.68. The Morgan fingerprint density at radius 3 is 3.18 bits per heavy atom. The highest BCUT2D eigenvalue weighted by Crippen LogP contribution is 2.43. The Kier molecular flexibility index (Phi) is 2.50. The predicted molar refractivity (Wildman–Crippen MR) is 65.8 cm³/mol. The number of likely N-dealkylation sites (tertiary alicyclic amines) is 1. The summed E-state index contributed by atoms with van der Waals surface area (Å²) < 4.78 is 0. The van der Waals surface area contributed by atoms with Crippen LogP contribution in [-0.4, -0.2) is 28.5 Å². The van der Waals surface area contributed by atoms with E-state index >= 15 is 0 Å². The van der Waals surface area contributed by atoms with Gasteiger partial charge >= 0.3 is 6.03 Å². The van der Waals surface area contributed by atoms with Crippen molar-refractivity contribution in [3.05, 3.63) is 24.0 Å². The molecule has 1 aromatic rings. The fraction of sp³-hybridized carbons (Fsp3) is 0.538. The summed E-state index contributed by atoms with van der Waals surface area (Å²) >= 11 is 0. The molecule has 0 aromatic carbocycles. The van der Waals surface area contributed by atoms with Gasteiger partial charge in [0.2, 0.25) is 0 Å². The highest BCUT2D eigenvalue weighted by atomic mass is 16.2. The molecule has 0 bridgehead atoms. The molecule has 1 saturated carbocycles. The Labute approximate surface area is 101 Å². The molecule has 1 saturated heterocycles. The molecule has 2 unspecified atom stereocenters. The number of urea groups is 1. The van der Waals surface area contributed by atoms with Crippen LogP contribution in [-0.2, 0) is 0 Å². The van der Waals surface area contributed by atoms with Gasteiger partial charge in [-0.2, -0.15) is 0 Å². The summed E-state index contributed by atoms with van der Waals surface area (Å²) in [6.45, 7) is 2.83. The lowest BCUT2D eigenvalue weighted by Gasteiger charge is -2.26. The van der Waals surface area contributed by atoms with E-state index in [2.05, 4.69) is 10.3 Å². The maximum Gasteiger partial charge on any atom is 0.322 e. The lowest BCUT2D eigenvalue weighted by molar-refractivity contribution is 0.195. The lowest BCUT2D eigenvalue weighted by atomic mass is 10.1. The maximum absolute atomic E-state index is 12.1. The minimum Gasteiger partial charge on any atom is -0.321 e. The van der Waals surface area contributed by atoms with Gasteiger partial charge in [-0.1, -0.05) is 0 Å². The van der Waals surface area contributed by atoms with Crippen LogP contribution in [0.15, 0.2) is 18.3 Å². The molecule has 1 N–H and O–H groups in total. The minimum absolute atomic E-state index is 0.0304. The normalized spacial score (nSPS) is 26.3. The molecule has 2 heterocycles. The second-order valence-corrected chi connectivity index (χ2v) is 5.02. The van der Waals surface area contributed by atoms with E-state index < -0.39 is 0 Å². The van der Waals surface area contributed by atoms with Crippen molar-refractivity contribution in [3.8, 4) is 0 Å². The number of nitrogens with one attached hydrogen (secondary N) is 1. The molecule has 90 valence electrons. The highest BCUT2D eigenvalue weighted by molar-refractivity contribution is 5.89. The monoisotopic (exact) mass is 231 g/mol. The average Bonchev–Trinajstić information content (AvgIpc) is 3.10. The number of nitrogens with zero attached hydrogens (tertiary/aromatic N) is 2. The quantitative estimate of drug-likeness (QED) is 0.806. The lowest BCUT2D eigenvalue weighted by Crippen LogP contribution is -2.40. The smallest absolute Gasteiger partial charge is 0.321 e.